The third kappa shape index (κ3) is 5.36. The van der Waals surface area contributed by atoms with Crippen molar-refractivity contribution in [2.45, 2.75) is 29.8 Å². The summed E-state index contributed by atoms with van der Waals surface area (Å²) < 4.78 is 100. The Morgan fingerprint density at radius 2 is 1.68 bits per heavy atom. The number of carbonyl (C=O) groups is 2. The second kappa shape index (κ2) is 8.91. The Kier molecular flexibility index (Phi) is 6.53. The summed E-state index contributed by atoms with van der Waals surface area (Å²) >= 11 is 11.8. The van der Waals surface area contributed by atoms with Crippen molar-refractivity contribution in [1.82, 2.24) is 9.78 Å². The molecular formula is C22H13Cl2F7N4O4S. The Balaban J connectivity index is 1.85. The number of hydrogen-bond acceptors (Lipinski definition) is 5. The summed E-state index contributed by atoms with van der Waals surface area (Å²) in [6, 6.07) is 4.12. The number of halogens is 9. The van der Waals surface area contributed by atoms with Gasteiger partial charge in [-0.05, 0) is 37.1 Å². The van der Waals surface area contributed by atoms with Crippen LogP contribution < -0.4 is 5.32 Å². The zero-order valence-electron chi connectivity index (χ0n) is 19.3. The number of carboxylic acid groups (broad SMARTS) is 1. The Hall–Kier alpha value is -3.68. The molecule has 214 valence electrons. The SMILES string of the molecule is N#Cc1nn(-c2c(Cl)cc(S(F)(F)(F)(F)F)cc2Cl)c(NC(=O)OCc2c(F)cccc2F)c1C1(C(=O)O)CC1. The number of ether oxygens (including phenoxy) is 1. The first-order valence-electron chi connectivity index (χ1n) is 10.7. The molecule has 0 atom stereocenters. The van der Waals surface area contributed by atoms with E-state index in [1.807, 2.05) is 0 Å². The highest BCUT2D eigenvalue weighted by Crippen LogP contribution is 3.02. The molecule has 18 heteroatoms. The van der Waals surface area contributed by atoms with E-state index in [-0.39, 0.29) is 25.0 Å². The molecule has 1 aliphatic carbocycles. The average molecular weight is 633 g/mol. The molecule has 2 N–H and O–H groups in total. The summed E-state index contributed by atoms with van der Waals surface area (Å²) in [6.45, 7) is -0.955. The van der Waals surface area contributed by atoms with Gasteiger partial charge < -0.3 is 9.84 Å². The van der Waals surface area contributed by atoms with Crippen LogP contribution in [-0.4, -0.2) is 26.9 Å². The van der Waals surface area contributed by atoms with E-state index in [0.717, 1.165) is 18.2 Å². The van der Waals surface area contributed by atoms with Crippen molar-refractivity contribution in [2.75, 3.05) is 5.32 Å². The molecule has 40 heavy (non-hydrogen) atoms. The molecule has 4 rings (SSSR count). The number of hydrogen-bond donors (Lipinski definition) is 2. The van der Waals surface area contributed by atoms with E-state index in [2.05, 4.69) is 10.4 Å². The van der Waals surface area contributed by atoms with Crippen LogP contribution in [-0.2, 0) is 21.6 Å². The third-order valence-corrected chi connectivity index (χ3v) is 7.61. The highest BCUT2D eigenvalue weighted by Gasteiger charge is 2.66. The van der Waals surface area contributed by atoms with Crippen LogP contribution in [0.25, 0.3) is 5.69 Å². The number of benzene rings is 2. The van der Waals surface area contributed by atoms with Crippen molar-refractivity contribution < 1.29 is 47.6 Å². The Morgan fingerprint density at radius 3 is 2.12 bits per heavy atom. The molecule has 8 nitrogen and oxygen atoms in total. The minimum atomic E-state index is -10.3. The summed E-state index contributed by atoms with van der Waals surface area (Å²) in [6.07, 6.45) is -1.58. The van der Waals surface area contributed by atoms with Crippen molar-refractivity contribution in [1.29, 1.82) is 5.26 Å². The molecule has 1 amide bonds. The number of rotatable bonds is 7. The number of nitrogens with one attached hydrogen (secondary N) is 1. The molecule has 0 unspecified atom stereocenters. The van der Waals surface area contributed by atoms with E-state index in [0.29, 0.717) is 4.68 Å². The molecule has 0 radical (unpaired) electrons. The first-order chi connectivity index (χ1) is 18.3. The number of carbonyl (C=O) groups excluding carboxylic acids is 1. The maximum atomic E-state index is 13.9. The number of amides is 1. The maximum Gasteiger partial charge on any atom is 0.413 e. The summed E-state index contributed by atoms with van der Waals surface area (Å²) in [4.78, 5) is 22.2. The van der Waals surface area contributed by atoms with Crippen molar-refractivity contribution >= 4 is 51.3 Å². The predicted molar refractivity (Wildman–Crippen MR) is 128 cm³/mol. The molecule has 1 fully saturated rings. The van der Waals surface area contributed by atoms with E-state index in [1.54, 1.807) is 6.07 Å². The predicted octanol–water partition coefficient (Wildman–Crippen LogP) is 7.85. The Labute approximate surface area is 229 Å². The molecule has 0 spiro atoms. The second-order valence-electron chi connectivity index (χ2n) is 8.59. The standard InChI is InChI=1S/C22H13Cl2F7N4O4S/c23-12-6-10(40(27,28,29,30)31)7-13(24)18(12)35-19(17(16(8-32)34-35)22(4-5-22)20(36)37)33-21(38)39-9-11-14(25)2-1-3-15(11)26/h1-3,6-7H,4-5,9H2,(H,33,38)(H,36,37). The van der Waals surface area contributed by atoms with Crippen LogP contribution in [0.3, 0.4) is 0 Å². The normalized spacial score (nSPS) is 15.9. The maximum absolute atomic E-state index is 13.9. The number of anilines is 1. The van der Waals surface area contributed by atoms with Gasteiger partial charge in [0.25, 0.3) is 0 Å². The zero-order chi connectivity index (χ0) is 29.9. The summed E-state index contributed by atoms with van der Waals surface area (Å²) in [5, 5.41) is 23.2. The van der Waals surface area contributed by atoms with Gasteiger partial charge in [-0.1, -0.05) is 48.7 Å². The number of nitrogens with zero attached hydrogens (tertiary/aromatic N) is 3. The van der Waals surface area contributed by atoms with Gasteiger partial charge in [-0.25, -0.2) is 18.3 Å². The van der Waals surface area contributed by atoms with Crippen LogP contribution >= 0.6 is 33.4 Å². The molecule has 1 aromatic heterocycles. The number of aliphatic carboxylic acids is 1. The fourth-order valence-electron chi connectivity index (χ4n) is 3.83. The quantitative estimate of drug-likeness (QED) is 0.256. The van der Waals surface area contributed by atoms with Crippen LogP contribution in [0.2, 0.25) is 10.0 Å². The van der Waals surface area contributed by atoms with Crippen LogP contribution in [0.5, 0.6) is 0 Å². The summed E-state index contributed by atoms with van der Waals surface area (Å²) in [5.74, 6) is -4.24. The van der Waals surface area contributed by atoms with Crippen molar-refractivity contribution in [3.05, 3.63) is 68.8 Å². The van der Waals surface area contributed by atoms with Gasteiger partial charge in [-0.2, -0.15) is 10.4 Å². The fourth-order valence-corrected chi connectivity index (χ4v) is 5.29. The molecule has 1 saturated carbocycles. The number of nitriles is 1. The molecule has 0 saturated heterocycles. The number of aromatic nitrogens is 2. The van der Waals surface area contributed by atoms with Crippen molar-refractivity contribution in [2.24, 2.45) is 0 Å². The monoisotopic (exact) mass is 632 g/mol. The van der Waals surface area contributed by atoms with Crippen molar-refractivity contribution in [3.8, 4) is 11.8 Å². The lowest BCUT2D eigenvalue weighted by Gasteiger charge is -2.40. The van der Waals surface area contributed by atoms with Gasteiger partial charge in [0.05, 0.1) is 26.6 Å². The zero-order valence-corrected chi connectivity index (χ0v) is 21.7. The Morgan fingerprint density at radius 1 is 1.12 bits per heavy atom. The van der Waals surface area contributed by atoms with E-state index >= 15 is 0 Å². The third-order valence-electron chi connectivity index (χ3n) is 5.91. The van der Waals surface area contributed by atoms with Crippen LogP contribution in [0.1, 0.15) is 29.7 Å². The van der Waals surface area contributed by atoms with Crippen LogP contribution in [0.4, 0.5) is 38.8 Å². The lowest BCUT2D eigenvalue weighted by molar-refractivity contribution is -0.140. The number of carboxylic acids is 1. The molecular weight excluding hydrogens is 620 g/mol. The van der Waals surface area contributed by atoms with E-state index in [1.165, 1.54) is 0 Å². The molecule has 0 bridgehead atoms. The Bertz CT molecular complexity index is 1600. The lowest BCUT2D eigenvalue weighted by atomic mass is 9.95. The highest BCUT2D eigenvalue weighted by molar-refractivity contribution is 8.45. The van der Waals surface area contributed by atoms with Gasteiger partial charge >= 0.3 is 22.3 Å². The summed E-state index contributed by atoms with van der Waals surface area (Å²) in [5.41, 5.74) is -4.20. The minimum Gasteiger partial charge on any atom is -0.481 e. The molecule has 0 aliphatic heterocycles. The van der Waals surface area contributed by atoms with Gasteiger partial charge in [0.1, 0.15) is 40.7 Å². The molecule has 1 aliphatic rings. The van der Waals surface area contributed by atoms with Crippen molar-refractivity contribution in [3.63, 3.8) is 0 Å². The highest BCUT2D eigenvalue weighted by atomic mass is 35.5. The fraction of sp³-hybridized carbons (Fsp3) is 0.182. The summed E-state index contributed by atoms with van der Waals surface area (Å²) in [7, 11) is -10.3. The van der Waals surface area contributed by atoms with Gasteiger partial charge in [0.2, 0.25) is 0 Å². The first-order valence-corrected chi connectivity index (χ1v) is 13.4. The van der Waals surface area contributed by atoms with Gasteiger partial charge in [0, 0.05) is 0 Å². The van der Waals surface area contributed by atoms with Gasteiger partial charge in [-0.15, -0.1) is 0 Å². The molecule has 2 aromatic carbocycles. The average Bonchev–Trinajstić information content (AvgIpc) is 3.54. The van der Waals surface area contributed by atoms with Gasteiger partial charge in [0.15, 0.2) is 5.69 Å². The van der Waals surface area contributed by atoms with Crippen LogP contribution in [0, 0.1) is 23.0 Å². The van der Waals surface area contributed by atoms with E-state index in [9.17, 15) is 48.2 Å². The van der Waals surface area contributed by atoms with E-state index < -0.39 is 89.2 Å². The minimum absolute atomic E-state index is 0.0580. The molecule has 3 aromatic rings. The smallest absolute Gasteiger partial charge is 0.413 e. The van der Waals surface area contributed by atoms with E-state index in [4.69, 9.17) is 27.9 Å². The second-order valence-corrected chi connectivity index (χ2v) is 11.8. The first kappa shape index (κ1) is 29.3. The molecule has 1 heterocycles. The van der Waals surface area contributed by atoms with Gasteiger partial charge in [-0.3, -0.25) is 10.1 Å². The lowest BCUT2D eigenvalue weighted by Crippen LogP contribution is -2.24. The topological polar surface area (TPSA) is 117 Å². The largest absolute Gasteiger partial charge is 0.481 e. The van der Waals surface area contributed by atoms with Crippen LogP contribution in [0.15, 0.2) is 35.2 Å².